The molecule has 0 amide bonds. The summed E-state index contributed by atoms with van der Waals surface area (Å²) < 4.78 is 5.77. The monoisotopic (exact) mass is 423 g/mol. The molecule has 2 aliphatic carbocycles. The zero-order valence-electron chi connectivity index (χ0n) is 16.7. The van der Waals surface area contributed by atoms with Crippen LogP contribution in [0.3, 0.4) is 0 Å². The number of carbonyl (C=O) groups is 2. The van der Waals surface area contributed by atoms with E-state index in [0.29, 0.717) is 22.6 Å². The zero-order chi connectivity index (χ0) is 21.2. The van der Waals surface area contributed by atoms with Crippen LogP contribution in [-0.2, 0) is 6.42 Å². The van der Waals surface area contributed by atoms with Crippen molar-refractivity contribution in [1.29, 1.82) is 0 Å². The van der Waals surface area contributed by atoms with Gasteiger partial charge in [-0.2, -0.15) is 0 Å². The molecule has 7 heteroatoms. The maximum Gasteiger partial charge on any atom is 0.341 e. The van der Waals surface area contributed by atoms with E-state index in [-0.39, 0.29) is 17.3 Å². The largest absolute Gasteiger partial charge is 0.494 e. The lowest BCUT2D eigenvalue weighted by Crippen LogP contribution is -2.17. The first-order valence-corrected chi connectivity index (χ1v) is 10.9. The van der Waals surface area contributed by atoms with Crippen LogP contribution in [0.2, 0.25) is 0 Å². The van der Waals surface area contributed by atoms with E-state index in [2.05, 4.69) is 4.98 Å². The molecule has 154 valence electrons. The number of hydrogen-bond donors (Lipinski definition) is 2. The molecule has 2 N–H and O–H groups in total. The van der Waals surface area contributed by atoms with Gasteiger partial charge in [-0.25, -0.2) is 4.79 Å². The van der Waals surface area contributed by atoms with Gasteiger partial charge in [0.25, 0.3) is 0 Å². The van der Waals surface area contributed by atoms with Crippen LogP contribution in [0.1, 0.15) is 63.3 Å². The summed E-state index contributed by atoms with van der Waals surface area (Å²) in [6, 6.07) is 3.79. The second kappa shape index (κ2) is 6.80. The number of hydrogen-bond acceptors (Lipinski definition) is 5. The number of aromatic amines is 1. The number of aryl methyl sites for hydroxylation is 1. The van der Waals surface area contributed by atoms with Crippen LogP contribution in [-0.4, -0.2) is 29.0 Å². The standard InChI is InChI=1S/C23H21NO5S/c1-10-3-6-16-13(20(10)25)8-17(30-16)18-12(11-4-5-11)7-14-19(22(18)29-2)24-9-15(21(14)26)23(27)28/h7-11H,3-6H2,1-2H3,(H,24,26)(H,27,28). The summed E-state index contributed by atoms with van der Waals surface area (Å²) in [5.41, 5.74) is 2.38. The van der Waals surface area contributed by atoms with Crippen molar-refractivity contribution in [2.45, 2.75) is 38.5 Å². The zero-order valence-corrected chi connectivity index (χ0v) is 17.5. The number of carboxylic acids is 1. The van der Waals surface area contributed by atoms with Gasteiger partial charge in [-0.15, -0.1) is 11.3 Å². The highest BCUT2D eigenvalue weighted by Crippen LogP contribution is 2.51. The molecule has 2 heterocycles. The molecule has 1 saturated carbocycles. The number of rotatable bonds is 4. The maximum atomic E-state index is 12.8. The highest BCUT2D eigenvalue weighted by molar-refractivity contribution is 7.16. The lowest BCUT2D eigenvalue weighted by Gasteiger charge is -2.16. The molecule has 0 aliphatic heterocycles. The quantitative estimate of drug-likeness (QED) is 0.639. The Labute approximate surface area is 176 Å². The van der Waals surface area contributed by atoms with Crippen molar-refractivity contribution in [1.82, 2.24) is 4.98 Å². The Balaban J connectivity index is 1.81. The summed E-state index contributed by atoms with van der Waals surface area (Å²) >= 11 is 1.62. The maximum absolute atomic E-state index is 12.8. The van der Waals surface area contributed by atoms with Crippen LogP contribution >= 0.6 is 11.3 Å². The van der Waals surface area contributed by atoms with Gasteiger partial charge in [-0.05, 0) is 49.3 Å². The number of thiophene rings is 1. The van der Waals surface area contributed by atoms with Gasteiger partial charge in [-0.3, -0.25) is 9.59 Å². The Morgan fingerprint density at radius 1 is 1.23 bits per heavy atom. The van der Waals surface area contributed by atoms with E-state index >= 15 is 0 Å². The number of Topliss-reactive ketones (excluding diaryl/α,β-unsaturated/α-hetero) is 1. The fraction of sp³-hybridized carbons (Fsp3) is 0.348. The average Bonchev–Trinajstić information content (AvgIpc) is 3.48. The van der Waals surface area contributed by atoms with E-state index in [0.717, 1.165) is 52.1 Å². The first-order chi connectivity index (χ1) is 14.4. The molecule has 6 nitrogen and oxygen atoms in total. The Morgan fingerprint density at radius 3 is 2.67 bits per heavy atom. The molecule has 2 aromatic heterocycles. The van der Waals surface area contributed by atoms with Crippen LogP contribution in [0.5, 0.6) is 5.75 Å². The van der Waals surface area contributed by atoms with Crippen LogP contribution < -0.4 is 10.2 Å². The summed E-state index contributed by atoms with van der Waals surface area (Å²) in [5.74, 6) is -0.201. The van der Waals surface area contributed by atoms with Crippen LogP contribution in [0.15, 0.2) is 23.1 Å². The number of carboxylic acid groups (broad SMARTS) is 1. The van der Waals surface area contributed by atoms with Gasteiger partial charge in [-0.1, -0.05) is 6.92 Å². The number of H-pyrrole nitrogens is 1. The fourth-order valence-corrected chi connectivity index (χ4v) is 5.62. The molecule has 1 atom stereocenters. The van der Waals surface area contributed by atoms with E-state index in [1.165, 1.54) is 6.20 Å². The van der Waals surface area contributed by atoms with Crippen molar-refractivity contribution in [3.63, 3.8) is 0 Å². The fourth-order valence-electron chi connectivity index (χ4n) is 4.38. The number of nitrogens with one attached hydrogen (secondary N) is 1. The van der Waals surface area contributed by atoms with Gasteiger partial charge >= 0.3 is 5.97 Å². The predicted octanol–water partition coefficient (Wildman–Crippen LogP) is 4.61. The van der Waals surface area contributed by atoms with Crippen molar-refractivity contribution in [3.8, 4) is 16.2 Å². The topological polar surface area (TPSA) is 96.5 Å². The number of ether oxygens (including phenoxy) is 1. The molecule has 30 heavy (non-hydrogen) atoms. The SMILES string of the molecule is COc1c(-c2cc3c(s2)CCC(C)C3=O)c(C2CC2)cc2c(=O)c(C(=O)O)c[nH]c12. The molecule has 3 aromatic rings. The first kappa shape index (κ1) is 19.1. The molecular weight excluding hydrogens is 402 g/mol. The van der Waals surface area contributed by atoms with Gasteiger partial charge in [0.05, 0.1) is 18.0 Å². The van der Waals surface area contributed by atoms with Crippen LogP contribution in [0.25, 0.3) is 21.3 Å². The Morgan fingerprint density at radius 2 is 2.00 bits per heavy atom. The lowest BCUT2D eigenvalue weighted by molar-refractivity contribution is 0.0695. The van der Waals surface area contributed by atoms with Crippen LogP contribution in [0, 0.1) is 5.92 Å². The molecule has 0 bridgehead atoms. The van der Waals surface area contributed by atoms with Crippen molar-refractivity contribution in [2.75, 3.05) is 7.11 Å². The van der Waals surface area contributed by atoms with Gasteiger partial charge in [0.2, 0.25) is 5.43 Å². The molecule has 1 fully saturated rings. The van der Waals surface area contributed by atoms with Gasteiger partial charge in [0.15, 0.2) is 11.5 Å². The first-order valence-electron chi connectivity index (χ1n) is 10.1. The summed E-state index contributed by atoms with van der Waals surface area (Å²) in [4.78, 5) is 42.0. The van der Waals surface area contributed by atoms with Gasteiger partial charge in [0, 0.05) is 33.0 Å². The smallest absolute Gasteiger partial charge is 0.341 e. The molecule has 0 radical (unpaired) electrons. The molecule has 2 aliphatic rings. The minimum atomic E-state index is -1.26. The predicted molar refractivity (Wildman–Crippen MR) is 115 cm³/mol. The second-order valence-electron chi connectivity index (χ2n) is 8.16. The van der Waals surface area contributed by atoms with E-state index in [1.54, 1.807) is 18.4 Å². The Hall–Kier alpha value is -2.93. The second-order valence-corrected chi connectivity index (χ2v) is 9.30. The number of fused-ring (bicyclic) bond motifs is 2. The molecule has 1 unspecified atom stereocenters. The number of ketones is 1. The van der Waals surface area contributed by atoms with E-state index in [1.807, 2.05) is 19.1 Å². The third-order valence-corrected chi connectivity index (χ3v) is 7.40. The highest BCUT2D eigenvalue weighted by Gasteiger charge is 2.33. The Kier molecular flexibility index (Phi) is 4.32. The van der Waals surface area contributed by atoms with Crippen molar-refractivity contribution >= 4 is 34.0 Å². The summed E-state index contributed by atoms with van der Waals surface area (Å²) in [5, 5.41) is 9.66. The lowest BCUT2D eigenvalue weighted by atomic mass is 9.88. The third-order valence-electron chi connectivity index (χ3n) is 6.19. The highest BCUT2D eigenvalue weighted by atomic mass is 32.1. The van der Waals surface area contributed by atoms with Gasteiger partial charge < -0.3 is 14.8 Å². The van der Waals surface area contributed by atoms with Crippen molar-refractivity contribution < 1.29 is 19.4 Å². The number of pyridine rings is 1. The van der Waals surface area contributed by atoms with Crippen molar-refractivity contribution in [3.05, 3.63) is 50.1 Å². The summed E-state index contributed by atoms with van der Waals surface area (Å²) in [6.45, 7) is 1.97. The summed E-state index contributed by atoms with van der Waals surface area (Å²) in [6.07, 6.45) is 5.00. The van der Waals surface area contributed by atoms with Gasteiger partial charge in [0.1, 0.15) is 5.56 Å². The number of aromatic carboxylic acids is 1. The molecule has 1 aromatic carbocycles. The van der Waals surface area contributed by atoms with E-state index in [9.17, 15) is 19.5 Å². The molecular formula is C23H21NO5S. The normalized spacial score (nSPS) is 18.5. The Bertz CT molecular complexity index is 1280. The minimum Gasteiger partial charge on any atom is -0.494 e. The molecule has 0 spiro atoms. The van der Waals surface area contributed by atoms with E-state index < -0.39 is 11.4 Å². The molecule has 0 saturated heterocycles. The minimum absolute atomic E-state index is 0.0344. The van der Waals surface area contributed by atoms with Crippen LogP contribution in [0.4, 0.5) is 0 Å². The summed E-state index contributed by atoms with van der Waals surface area (Å²) in [7, 11) is 1.55. The van der Waals surface area contributed by atoms with E-state index in [4.69, 9.17) is 4.74 Å². The third kappa shape index (κ3) is 2.80. The van der Waals surface area contributed by atoms with Crippen molar-refractivity contribution in [2.24, 2.45) is 5.92 Å². The average molecular weight is 423 g/mol. The number of aromatic nitrogens is 1. The number of benzene rings is 1. The number of methoxy groups -OCH3 is 1. The number of carbonyl (C=O) groups excluding carboxylic acids is 1. The molecule has 5 rings (SSSR count).